The Morgan fingerprint density at radius 3 is 2.06 bits per heavy atom. The van der Waals surface area contributed by atoms with Crippen LogP contribution in [0.15, 0.2) is 24.3 Å². The molecule has 0 radical (unpaired) electrons. The molecule has 1 aromatic rings. The molecule has 10 heteroatoms. The SMILES string of the molecule is O=S(=O)(Nc1ccc([NH+]([O-])O)cc1)C(F)(F)F. The normalized spacial score (nSPS) is 14.4. The zero-order valence-electron chi connectivity index (χ0n) is 8.02. The Hall–Kier alpha value is -1.36. The summed E-state index contributed by atoms with van der Waals surface area (Å²) in [5.41, 5.74) is -5.95. The molecule has 0 saturated heterocycles. The van der Waals surface area contributed by atoms with Gasteiger partial charge < -0.3 is 5.21 Å². The fourth-order valence-electron chi connectivity index (χ4n) is 0.894. The lowest BCUT2D eigenvalue weighted by Crippen LogP contribution is -2.99. The fraction of sp³-hybridized carbons (Fsp3) is 0.143. The van der Waals surface area contributed by atoms with E-state index in [1.165, 1.54) is 4.72 Å². The first-order chi connectivity index (χ1) is 7.63. The van der Waals surface area contributed by atoms with Gasteiger partial charge in [0.05, 0.1) is 0 Å². The summed E-state index contributed by atoms with van der Waals surface area (Å²) in [4.78, 5) is 0. The smallest absolute Gasteiger partial charge is 0.516 e. The van der Waals surface area contributed by atoms with E-state index >= 15 is 0 Å². The van der Waals surface area contributed by atoms with Gasteiger partial charge >= 0.3 is 15.5 Å². The molecule has 0 saturated carbocycles. The predicted molar refractivity (Wildman–Crippen MR) is 50.8 cm³/mol. The first kappa shape index (κ1) is 13.7. The molecule has 0 fully saturated rings. The Labute approximate surface area is 93.9 Å². The molecule has 1 rings (SSSR count). The summed E-state index contributed by atoms with van der Waals surface area (Å²) in [5.74, 6) is 0. The number of sulfonamides is 1. The molecule has 0 aliphatic carbocycles. The number of alkyl halides is 3. The molecule has 96 valence electrons. The number of halogens is 3. The van der Waals surface area contributed by atoms with Crippen LogP contribution < -0.4 is 9.95 Å². The molecule has 1 atom stereocenters. The van der Waals surface area contributed by atoms with Crippen LogP contribution in [0.4, 0.5) is 24.5 Å². The first-order valence-electron chi connectivity index (χ1n) is 4.06. The maximum atomic E-state index is 12.0. The third-order valence-electron chi connectivity index (χ3n) is 1.69. The van der Waals surface area contributed by atoms with Crippen LogP contribution in [0.3, 0.4) is 0 Å². The topological polar surface area (TPSA) is 93.9 Å². The average molecular weight is 272 g/mol. The Morgan fingerprint density at radius 2 is 1.71 bits per heavy atom. The Bertz CT molecular complexity index is 483. The second kappa shape index (κ2) is 4.49. The number of rotatable bonds is 3. The number of benzene rings is 1. The molecule has 0 amide bonds. The molecule has 3 N–H and O–H groups in total. The fourth-order valence-corrected chi connectivity index (χ4v) is 1.46. The third-order valence-corrected chi connectivity index (χ3v) is 2.80. The Morgan fingerprint density at radius 1 is 1.24 bits per heavy atom. The van der Waals surface area contributed by atoms with Crippen molar-refractivity contribution in [2.75, 3.05) is 4.72 Å². The van der Waals surface area contributed by atoms with E-state index in [2.05, 4.69) is 0 Å². The van der Waals surface area contributed by atoms with Crippen LogP contribution in [0.1, 0.15) is 0 Å². The van der Waals surface area contributed by atoms with Gasteiger partial charge in [-0.1, -0.05) is 0 Å². The highest BCUT2D eigenvalue weighted by molar-refractivity contribution is 7.93. The minimum atomic E-state index is -5.48. The number of nitrogens with one attached hydrogen (secondary N) is 2. The zero-order chi connectivity index (χ0) is 13.3. The van der Waals surface area contributed by atoms with Gasteiger partial charge in [-0.05, 0) is 12.1 Å². The molecule has 6 nitrogen and oxygen atoms in total. The molecule has 1 aromatic carbocycles. The van der Waals surface area contributed by atoms with E-state index in [9.17, 15) is 26.8 Å². The van der Waals surface area contributed by atoms with Gasteiger partial charge in [-0.15, -0.1) is 0 Å². The second-order valence-electron chi connectivity index (χ2n) is 2.93. The van der Waals surface area contributed by atoms with Gasteiger partial charge in [0.15, 0.2) is 5.69 Å². The molecule has 0 aliphatic rings. The van der Waals surface area contributed by atoms with Gasteiger partial charge in [-0.2, -0.15) is 26.8 Å². The van der Waals surface area contributed by atoms with Crippen molar-refractivity contribution >= 4 is 21.4 Å². The second-order valence-corrected chi connectivity index (χ2v) is 4.61. The highest BCUT2D eigenvalue weighted by Crippen LogP contribution is 2.25. The van der Waals surface area contributed by atoms with Crippen LogP contribution in [0.2, 0.25) is 0 Å². The van der Waals surface area contributed by atoms with Crippen molar-refractivity contribution in [1.29, 1.82) is 0 Å². The molecular formula is C7H7F3N2O4S. The number of hydrogen-bond acceptors (Lipinski definition) is 4. The van der Waals surface area contributed by atoms with Crippen molar-refractivity contribution in [2.45, 2.75) is 5.51 Å². The highest BCUT2D eigenvalue weighted by atomic mass is 32.2. The van der Waals surface area contributed by atoms with Crippen molar-refractivity contribution in [1.82, 2.24) is 0 Å². The third kappa shape index (κ3) is 3.30. The highest BCUT2D eigenvalue weighted by Gasteiger charge is 2.45. The van der Waals surface area contributed by atoms with Crippen molar-refractivity contribution in [3.8, 4) is 0 Å². The van der Waals surface area contributed by atoms with E-state index in [0.29, 0.717) is 0 Å². The van der Waals surface area contributed by atoms with E-state index in [1.54, 1.807) is 0 Å². The predicted octanol–water partition coefficient (Wildman–Crippen LogP) is 0.352. The molecule has 17 heavy (non-hydrogen) atoms. The molecular weight excluding hydrogens is 265 g/mol. The Balaban J connectivity index is 2.91. The van der Waals surface area contributed by atoms with Gasteiger partial charge in [-0.3, -0.25) is 4.72 Å². The van der Waals surface area contributed by atoms with E-state index in [0.717, 1.165) is 24.3 Å². The lowest BCUT2D eigenvalue weighted by Gasteiger charge is -2.13. The van der Waals surface area contributed by atoms with Crippen molar-refractivity contribution < 1.29 is 32.0 Å². The number of anilines is 1. The van der Waals surface area contributed by atoms with Crippen LogP contribution in [-0.2, 0) is 10.0 Å². The summed E-state index contributed by atoms with van der Waals surface area (Å²) >= 11 is 0. The molecule has 1 unspecified atom stereocenters. The van der Waals surface area contributed by atoms with E-state index < -0.39 is 20.8 Å². The summed E-state index contributed by atoms with van der Waals surface area (Å²) in [5, 5.41) is 17.7. The van der Waals surface area contributed by atoms with Crippen LogP contribution in [-0.4, -0.2) is 19.1 Å². The quantitative estimate of drug-likeness (QED) is 0.692. The van der Waals surface area contributed by atoms with Crippen molar-refractivity contribution in [3.63, 3.8) is 0 Å². The largest absolute Gasteiger partial charge is 0.595 e. The maximum absolute atomic E-state index is 12.0. The van der Waals surface area contributed by atoms with Gasteiger partial charge in [-0.25, -0.2) is 5.21 Å². The van der Waals surface area contributed by atoms with Gasteiger partial charge in [0.1, 0.15) is 0 Å². The van der Waals surface area contributed by atoms with Gasteiger partial charge in [0.25, 0.3) is 0 Å². The lowest BCUT2D eigenvalue weighted by molar-refractivity contribution is -0.991. The Kier molecular flexibility index (Phi) is 3.62. The van der Waals surface area contributed by atoms with Crippen LogP contribution in [0.25, 0.3) is 0 Å². The van der Waals surface area contributed by atoms with Crippen LogP contribution in [0.5, 0.6) is 0 Å². The standard InChI is InChI=1S/C7H7F3N2O4S/c8-7(9,10)17(15,16)11-5-1-3-6(4-2-5)12(13)14/h1-4,11-13H. The van der Waals surface area contributed by atoms with Crippen LogP contribution in [0, 0.1) is 5.21 Å². The number of hydrogen-bond donors (Lipinski definition) is 3. The molecule has 0 aliphatic heterocycles. The molecule has 0 bridgehead atoms. The number of quaternary nitrogens is 1. The zero-order valence-corrected chi connectivity index (χ0v) is 8.84. The summed E-state index contributed by atoms with van der Waals surface area (Å²) in [6, 6.07) is 3.81. The molecule has 0 heterocycles. The summed E-state index contributed by atoms with van der Waals surface area (Å²) < 4.78 is 58.6. The van der Waals surface area contributed by atoms with Crippen molar-refractivity contribution in [3.05, 3.63) is 29.5 Å². The minimum absolute atomic E-state index is 0.167. The van der Waals surface area contributed by atoms with E-state index in [4.69, 9.17) is 5.21 Å². The van der Waals surface area contributed by atoms with E-state index in [-0.39, 0.29) is 11.4 Å². The molecule has 0 spiro atoms. The summed E-state index contributed by atoms with van der Waals surface area (Å²) in [6.45, 7) is 0. The molecule has 0 aromatic heterocycles. The summed E-state index contributed by atoms with van der Waals surface area (Å²) in [6.07, 6.45) is 0. The van der Waals surface area contributed by atoms with E-state index in [1.807, 2.05) is 0 Å². The van der Waals surface area contributed by atoms with Crippen LogP contribution >= 0.6 is 0 Å². The van der Waals surface area contributed by atoms with Gasteiger partial charge in [0.2, 0.25) is 0 Å². The maximum Gasteiger partial charge on any atom is 0.516 e. The van der Waals surface area contributed by atoms with Gasteiger partial charge in [0, 0.05) is 17.8 Å². The minimum Gasteiger partial charge on any atom is -0.595 e. The lowest BCUT2D eigenvalue weighted by atomic mass is 10.3. The van der Waals surface area contributed by atoms with Crippen molar-refractivity contribution in [2.24, 2.45) is 0 Å². The monoisotopic (exact) mass is 272 g/mol. The summed E-state index contributed by atoms with van der Waals surface area (Å²) in [7, 11) is -5.48. The average Bonchev–Trinajstić information content (AvgIpc) is 2.16. The first-order valence-corrected chi connectivity index (χ1v) is 5.54.